The summed E-state index contributed by atoms with van der Waals surface area (Å²) in [6.45, 7) is -0.328. The standard InChI is InChI=1S/C49H41F6NO12/c50-48(51,52)27-1-29-65-37-21-11-34(12-22-37)46(61)67-39-17-3-31(4-18-39)7-25-41(57)44(59)43(33-9-15-36(16-10-33)56(63)64)45(60)42(58)26-8-32-5-19-40(20-6-32)68-47(62)35-13-23-38(24-14-35)66-30-2-28-49(53,54)55/h3-26,43-45,59-60H,1-2,27-30H2/b25-7+,26-8+. The Hall–Kier alpha value is -7.64. The van der Waals surface area contributed by atoms with Crippen LogP contribution in [-0.2, 0) is 9.59 Å². The number of benzene rings is 5. The number of carbonyl (C=O) groups is 4. The van der Waals surface area contributed by atoms with E-state index in [1.165, 1.54) is 121 Å². The number of halogens is 6. The maximum absolute atomic E-state index is 13.3. The number of nitrogens with zero attached hydrogens (tertiary/aromatic N) is 1. The molecule has 0 spiro atoms. The van der Waals surface area contributed by atoms with E-state index in [-0.39, 0.29) is 71.4 Å². The lowest BCUT2D eigenvalue weighted by Gasteiger charge is -2.25. The lowest BCUT2D eigenvalue weighted by molar-refractivity contribution is -0.384. The summed E-state index contributed by atoms with van der Waals surface area (Å²) in [6.07, 6.45) is -10.5. The van der Waals surface area contributed by atoms with Gasteiger partial charge < -0.3 is 29.2 Å². The molecule has 356 valence electrons. The predicted octanol–water partition coefficient (Wildman–Crippen LogP) is 9.85. The molecule has 13 nitrogen and oxygen atoms in total. The number of ketones is 2. The van der Waals surface area contributed by atoms with Crippen LogP contribution in [0.1, 0.15) is 69.0 Å². The van der Waals surface area contributed by atoms with Gasteiger partial charge in [0, 0.05) is 25.0 Å². The molecule has 0 aliphatic carbocycles. The number of hydrogen-bond donors (Lipinski definition) is 2. The molecule has 5 aromatic carbocycles. The Morgan fingerprint density at radius 1 is 0.544 bits per heavy atom. The molecule has 2 unspecified atom stereocenters. The van der Waals surface area contributed by atoms with Crippen LogP contribution in [-0.4, -0.2) is 76.4 Å². The first-order valence-electron chi connectivity index (χ1n) is 20.5. The molecule has 0 heterocycles. The first kappa shape index (κ1) is 51.3. The van der Waals surface area contributed by atoms with Gasteiger partial charge in [0.15, 0.2) is 11.6 Å². The average Bonchev–Trinajstić information content (AvgIpc) is 3.31. The van der Waals surface area contributed by atoms with Gasteiger partial charge in [-0.05, 0) is 114 Å². The Labute approximate surface area is 384 Å². The van der Waals surface area contributed by atoms with Gasteiger partial charge in [-0.1, -0.05) is 48.6 Å². The summed E-state index contributed by atoms with van der Waals surface area (Å²) in [4.78, 5) is 62.6. The predicted molar refractivity (Wildman–Crippen MR) is 233 cm³/mol. The van der Waals surface area contributed by atoms with Crippen molar-refractivity contribution >= 4 is 41.3 Å². The van der Waals surface area contributed by atoms with Crippen molar-refractivity contribution in [2.45, 2.75) is 56.2 Å². The minimum atomic E-state index is -4.29. The molecule has 0 amide bonds. The van der Waals surface area contributed by atoms with Crippen molar-refractivity contribution in [1.29, 1.82) is 0 Å². The molecule has 0 fully saturated rings. The van der Waals surface area contributed by atoms with Crippen molar-refractivity contribution in [2.24, 2.45) is 0 Å². The van der Waals surface area contributed by atoms with Crippen molar-refractivity contribution in [3.63, 3.8) is 0 Å². The molecule has 0 aromatic heterocycles. The minimum Gasteiger partial charge on any atom is -0.494 e. The van der Waals surface area contributed by atoms with Crippen LogP contribution in [0.15, 0.2) is 133 Å². The van der Waals surface area contributed by atoms with Gasteiger partial charge in [-0.2, -0.15) is 26.3 Å². The van der Waals surface area contributed by atoms with E-state index in [0.717, 1.165) is 24.3 Å². The van der Waals surface area contributed by atoms with Crippen molar-refractivity contribution in [3.8, 4) is 23.0 Å². The van der Waals surface area contributed by atoms with Gasteiger partial charge in [0.2, 0.25) is 0 Å². The van der Waals surface area contributed by atoms with E-state index < -0.39 is 71.7 Å². The normalized spacial score (nSPS) is 13.1. The summed E-state index contributed by atoms with van der Waals surface area (Å²) in [5.41, 5.74) is 0.783. The van der Waals surface area contributed by atoms with Crippen LogP contribution in [0.5, 0.6) is 23.0 Å². The topological polar surface area (TPSA) is 189 Å². The second-order valence-corrected chi connectivity index (χ2v) is 14.8. The molecule has 5 aromatic rings. The zero-order chi connectivity index (χ0) is 49.4. The second-order valence-electron chi connectivity index (χ2n) is 14.8. The van der Waals surface area contributed by atoms with E-state index in [1.807, 2.05) is 0 Å². The Kier molecular flexibility index (Phi) is 17.9. The van der Waals surface area contributed by atoms with Gasteiger partial charge >= 0.3 is 24.3 Å². The number of aliphatic hydroxyl groups is 2. The maximum atomic E-state index is 13.3. The molecular formula is C49H41F6NO12. The van der Waals surface area contributed by atoms with Gasteiger partial charge in [-0.15, -0.1) is 0 Å². The number of hydrogen-bond acceptors (Lipinski definition) is 12. The van der Waals surface area contributed by atoms with Crippen LogP contribution in [0.3, 0.4) is 0 Å². The Balaban J connectivity index is 1.17. The number of ether oxygens (including phenoxy) is 4. The highest BCUT2D eigenvalue weighted by molar-refractivity contribution is 6.01. The number of alkyl halides is 6. The number of non-ortho nitro benzene ring substituents is 1. The molecule has 0 saturated carbocycles. The van der Waals surface area contributed by atoms with Crippen LogP contribution < -0.4 is 18.9 Å². The Morgan fingerprint density at radius 2 is 0.897 bits per heavy atom. The number of nitro groups is 1. The molecule has 0 aliphatic rings. The third-order valence-corrected chi connectivity index (χ3v) is 9.74. The molecule has 2 atom stereocenters. The van der Waals surface area contributed by atoms with Crippen molar-refractivity contribution in [1.82, 2.24) is 0 Å². The number of rotatable bonds is 22. The summed E-state index contributed by atoms with van der Waals surface area (Å²) in [7, 11) is 0. The van der Waals surface area contributed by atoms with E-state index in [9.17, 15) is 65.8 Å². The van der Waals surface area contributed by atoms with E-state index >= 15 is 0 Å². The van der Waals surface area contributed by atoms with Gasteiger partial charge in [0.25, 0.3) is 5.69 Å². The Morgan fingerprint density at radius 3 is 1.24 bits per heavy atom. The monoisotopic (exact) mass is 949 g/mol. The number of nitro benzene ring substituents is 1. The molecule has 0 radical (unpaired) electrons. The average molecular weight is 950 g/mol. The lowest BCUT2D eigenvalue weighted by Crippen LogP contribution is -2.38. The van der Waals surface area contributed by atoms with Crippen molar-refractivity contribution < 1.29 is 79.6 Å². The van der Waals surface area contributed by atoms with Crippen molar-refractivity contribution in [3.05, 3.63) is 171 Å². The highest BCUT2D eigenvalue weighted by Crippen LogP contribution is 2.29. The molecule has 2 N–H and O–H groups in total. The zero-order valence-electron chi connectivity index (χ0n) is 35.5. The number of carbonyl (C=O) groups excluding carboxylic acids is 4. The van der Waals surface area contributed by atoms with E-state index in [1.54, 1.807) is 0 Å². The lowest BCUT2D eigenvalue weighted by atomic mass is 9.84. The molecule has 19 heteroatoms. The molecule has 0 saturated heterocycles. The molecule has 0 aliphatic heterocycles. The summed E-state index contributed by atoms with van der Waals surface area (Å²) < 4.78 is 95.3. The SMILES string of the molecule is O=C(Oc1ccc(/C=C/C(=O)C(O)C(c2ccc([N+](=O)[O-])cc2)C(O)C(=O)/C=C/c2ccc(OC(=O)c3ccc(OCCCC(F)(F)F)cc3)cc2)cc1)c1ccc(OCCCC(F)(F)F)cc1. The smallest absolute Gasteiger partial charge is 0.389 e. The molecule has 0 bridgehead atoms. The first-order valence-corrected chi connectivity index (χ1v) is 20.5. The number of esters is 2. The van der Waals surface area contributed by atoms with Crippen LogP contribution >= 0.6 is 0 Å². The number of aliphatic hydroxyl groups excluding tert-OH is 2. The quantitative estimate of drug-likeness (QED) is 0.0127. The molecule has 5 rings (SSSR count). The maximum Gasteiger partial charge on any atom is 0.389 e. The second kappa shape index (κ2) is 23.7. The van der Waals surface area contributed by atoms with Gasteiger partial charge in [-0.3, -0.25) is 19.7 Å². The van der Waals surface area contributed by atoms with E-state index in [0.29, 0.717) is 11.1 Å². The fourth-order valence-corrected chi connectivity index (χ4v) is 6.19. The van der Waals surface area contributed by atoms with Crippen molar-refractivity contribution in [2.75, 3.05) is 13.2 Å². The third kappa shape index (κ3) is 16.4. The summed E-state index contributed by atoms with van der Waals surface area (Å²) >= 11 is 0. The molecular weight excluding hydrogens is 909 g/mol. The summed E-state index contributed by atoms with van der Waals surface area (Å²) in [5, 5.41) is 33.8. The highest BCUT2D eigenvalue weighted by Gasteiger charge is 2.36. The van der Waals surface area contributed by atoms with Gasteiger partial charge in [-0.25, -0.2) is 9.59 Å². The van der Waals surface area contributed by atoms with E-state index in [4.69, 9.17) is 18.9 Å². The fraction of sp³-hybridized carbons (Fsp3) is 0.224. The van der Waals surface area contributed by atoms with E-state index in [2.05, 4.69) is 0 Å². The largest absolute Gasteiger partial charge is 0.494 e. The Bertz CT molecular complexity index is 2410. The summed E-state index contributed by atoms with van der Waals surface area (Å²) in [5.74, 6) is -4.19. The van der Waals surface area contributed by atoms with Crippen LogP contribution in [0, 0.1) is 10.1 Å². The summed E-state index contributed by atoms with van der Waals surface area (Å²) in [6, 6.07) is 27.3. The fourth-order valence-electron chi connectivity index (χ4n) is 6.19. The first-order chi connectivity index (χ1) is 32.2. The third-order valence-electron chi connectivity index (χ3n) is 9.74. The van der Waals surface area contributed by atoms with Gasteiger partial charge in [0.1, 0.15) is 35.2 Å². The van der Waals surface area contributed by atoms with Gasteiger partial charge in [0.05, 0.1) is 35.2 Å². The minimum absolute atomic E-state index is 0.0302. The van der Waals surface area contributed by atoms with Crippen LogP contribution in [0.2, 0.25) is 0 Å². The zero-order valence-corrected chi connectivity index (χ0v) is 35.5. The van der Waals surface area contributed by atoms with Crippen LogP contribution in [0.25, 0.3) is 12.2 Å². The van der Waals surface area contributed by atoms with Crippen LogP contribution in [0.4, 0.5) is 32.0 Å². The molecule has 68 heavy (non-hydrogen) atoms. The highest BCUT2D eigenvalue weighted by atomic mass is 19.4.